The highest BCUT2D eigenvalue weighted by atomic mass is 19.1. The summed E-state index contributed by atoms with van der Waals surface area (Å²) in [5.41, 5.74) is 1.39. The Balaban J connectivity index is 3.10. The molecule has 1 aromatic carbocycles. The monoisotopic (exact) mass is 224 g/mol. The number of rotatable bonds is 5. The molecule has 0 bridgehead atoms. The van der Waals surface area contributed by atoms with Crippen LogP contribution in [0.4, 0.5) is 4.39 Å². The molecule has 0 radical (unpaired) electrons. The molecule has 0 atom stereocenters. The van der Waals surface area contributed by atoms with Crippen LogP contribution in [0.5, 0.6) is 5.75 Å². The van der Waals surface area contributed by atoms with E-state index in [1.807, 2.05) is 19.9 Å². The maximum atomic E-state index is 13.8. The molecule has 0 saturated heterocycles. The number of halogens is 1. The fourth-order valence-corrected chi connectivity index (χ4v) is 1.75. The fourth-order valence-electron chi connectivity index (χ4n) is 1.75. The van der Waals surface area contributed by atoms with Gasteiger partial charge in [-0.25, -0.2) is 4.39 Å². The van der Waals surface area contributed by atoms with Crippen LogP contribution in [0.1, 0.15) is 37.3 Å². The summed E-state index contributed by atoms with van der Waals surface area (Å²) in [5.74, 6) is 0.390. The summed E-state index contributed by atoms with van der Waals surface area (Å²) >= 11 is 0. The topological polar surface area (TPSA) is 26.3 Å². The molecule has 0 aliphatic rings. The lowest BCUT2D eigenvalue weighted by molar-refractivity contribution is -0.107. The maximum absolute atomic E-state index is 13.8. The van der Waals surface area contributed by atoms with E-state index < -0.39 is 0 Å². The van der Waals surface area contributed by atoms with Gasteiger partial charge in [0.15, 0.2) is 0 Å². The van der Waals surface area contributed by atoms with Crippen molar-refractivity contribution in [2.45, 2.75) is 32.6 Å². The number of aryl methyl sites for hydroxylation is 1. The van der Waals surface area contributed by atoms with E-state index in [4.69, 9.17) is 4.74 Å². The highest BCUT2D eigenvalue weighted by molar-refractivity contribution is 5.50. The van der Waals surface area contributed by atoms with E-state index in [-0.39, 0.29) is 11.7 Å². The third-order valence-corrected chi connectivity index (χ3v) is 2.50. The molecule has 0 unspecified atom stereocenters. The fraction of sp³-hybridized carbons (Fsp3) is 0.462. The van der Waals surface area contributed by atoms with E-state index in [2.05, 4.69) is 0 Å². The van der Waals surface area contributed by atoms with Crippen molar-refractivity contribution in [1.29, 1.82) is 0 Å². The van der Waals surface area contributed by atoms with Crippen molar-refractivity contribution in [2.75, 3.05) is 7.11 Å². The average molecular weight is 224 g/mol. The smallest absolute Gasteiger partial charge is 0.130 e. The molecule has 0 aliphatic heterocycles. The van der Waals surface area contributed by atoms with Crippen LogP contribution in [0.25, 0.3) is 0 Å². The summed E-state index contributed by atoms with van der Waals surface area (Å²) in [5, 5.41) is 0. The number of methoxy groups -OCH3 is 1. The van der Waals surface area contributed by atoms with Crippen LogP contribution in [0.15, 0.2) is 12.1 Å². The van der Waals surface area contributed by atoms with Crippen LogP contribution < -0.4 is 4.74 Å². The average Bonchev–Trinajstić information content (AvgIpc) is 2.24. The van der Waals surface area contributed by atoms with E-state index in [1.165, 1.54) is 13.2 Å². The van der Waals surface area contributed by atoms with Crippen molar-refractivity contribution in [2.24, 2.45) is 0 Å². The molecule has 16 heavy (non-hydrogen) atoms. The molecule has 1 rings (SSSR count). The molecule has 0 fully saturated rings. The second-order valence-electron chi connectivity index (χ2n) is 4.05. The standard InChI is InChI=1S/C13H17FO2/c1-9(2)13-11(14)7-10(5-4-6-15)8-12(13)16-3/h6-9H,4-5H2,1-3H3. The number of benzene rings is 1. The summed E-state index contributed by atoms with van der Waals surface area (Å²) in [6, 6.07) is 3.29. The van der Waals surface area contributed by atoms with Crippen LogP contribution in [-0.2, 0) is 11.2 Å². The molecule has 1 aromatic rings. The zero-order valence-electron chi connectivity index (χ0n) is 9.92. The van der Waals surface area contributed by atoms with Gasteiger partial charge in [-0.1, -0.05) is 13.8 Å². The highest BCUT2D eigenvalue weighted by Crippen LogP contribution is 2.30. The second kappa shape index (κ2) is 5.64. The molecule has 88 valence electrons. The Morgan fingerprint density at radius 1 is 1.44 bits per heavy atom. The Morgan fingerprint density at radius 3 is 2.62 bits per heavy atom. The molecule has 2 nitrogen and oxygen atoms in total. The molecule has 0 amide bonds. The van der Waals surface area contributed by atoms with Crippen LogP contribution in [0, 0.1) is 5.82 Å². The van der Waals surface area contributed by atoms with Gasteiger partial charge in [0.2, 0.25) is 0 Å². The first-order chi connectivity index (χ1) is 7.60. The van der Waals surface area contributed by atoms with E-state index in [1.54, 1.807) is 0 Å². The normalized spacial score (nSPS) is 10.6. The minimum absolute atomic E-state index is 0.0788. The van der Waals surface area contributed by atoms with E-state index in [9.17, 15) is 9.18 Å². The Labute approximate surface area is 95.4 Å². The van der Waals surface area contributed by atoms with Crippen LogP contribution >= 0.6 is 0 Å². The summed E-state index contributed by atoms with van der Waals surface area (Å²) in [6.45, 7) is 3.85. The summed E-state index contributed by atoms with van der Waals surface area (Å²) in [6.07, 6.45) is 1.79. The Kier molecular flexibility index (Phi) is 4.47. The van der Waals surface area contributed by atoms with Crippen LogP contribution in [-0.4, -0.2) is 13.4 Å². The second-order valence-corrected chi connectivity index (χ2v) is 4.05. The number of carbonyl (C=O) groups excluding carboxylic acids is 1. The minimum Gasteiger partial charge on any atom is -0.496 e. The molecular weight excluding hydrogens is 207 g/mol. The van der Waals surface area contributed by atoms with Gasteiger partial charge < -0.3 is 9.53 Å². The molecule has 0 heterocycles. The van der Waals surface area contributed by atoms with Gasteiger partial charge in [0.1, 0.15) is 17.9 Å². The number of hydrogen-bond donors (Lipinski definition) is 0. The number of ether oxygens (including phenoxy) is 1. The summed E-state index contributed by atoms with van der Waals surface area (Å²) < 4.78 is 19.0. The summed E-state index contributed by atoms with van der Waals surface area (Å²) in [7, 11) is 1.53. The van der Waals surface area contributed by atoms with E-state index in [0.717, 1.165) is 11.8 Å². The predicted molar refractivity (Wildman–Crippen MR) is 61.4 cm³/mol. The third-order valence-electron chi connectivity index (χ3n) is 2.50. The lowest BCUT2D eigenvalue weighted by atomic mass is 9.98. The van der Waals surface area contributed by atoms with Crippen LogP contribution in [0.3, 0.4) is 0 Å². The Hall–Kier alpha value is -1.38. The number of carbonyl (C=O) groups is 1. The van der Waals surface area contributed by atoms with Crippen molar-refractivity contribution >= 4 is 6.29 Å². The first-order valence-corrected chi connectivity index (χ1v) is 5.40. The Morgan fingerprint density at radius 2 is 2.12 bits per heavy atom. The lowest BCUT2D eigenvalue weighted by Gasteiger charge is -2.14. The number of aldehydes is 1. The third kappa shape index (κ3) is 2.81. The van der Waals surface area contributed by atoms with Crippen molar-refractivity contribution in [1.82, 2.24) is 0 Å². The predicted octanol–water partition coefficient (Wildman–Crippen LogP) is 3.09. The highest BCUT2D eigenvalue weighted by Gasteiger charge is 2.14. The quantitative estimate of drug-likeness (QED) is 0.718. The maximum Gasteiger partial charge on any atom is 0.130 e. The van der Waals surface area contributed by atoms with Crippen molar-refractivity contribution < 1.29 is 13.9 Å². The van der Waals surface area contributed by atoms with Crippen molar-refractivity contribution in [3.05, 3.63) is 29.1 Å². The van der Waals surface area contributed by atoms with Gasteiger partial charge in [0.25, 0.3) is 0 Å². The molecular formula is C13H17FO2. The first kappa shape index (κ1) is 12.7. The van der Waals surface area contributed by atoms with Crippen LogP contribution in [0.2, 0.25) is 0 Å². The van der Waals surface area contributed by atoms with Crippen molar-refractivity contribution in [3.63, 3.8) is 0 Å². The van der Waals surface area contributed by atoms with Gasteiger partial charge in [0, 0.05) is 12.0 Å². The molecule has 0 N–H and O–H groups in total. The minimum atomic E-state index is -0.254. The van der Waals surface area contributed by atoms with Gasteiger partial charge in [0.05, 0.1) is 7.11 Å². The van der Waals surface area contributed by atoms with Crippen molar-refractivity contribution in [3.8, 4) is 5.75 Å². The lowest BCUT2D eigenvalue weighted by Crippen LogP contribution is -2.00. The van der Waals surface area contributed by atoms with E-state index in [0.29, 0.717) is 24.2 Å². The molecule has 0 saturated carbocycles. The largest absolute Gasteiger partial charge is 0.496 e. The van der Waals surface area contributed by atoms with Gasteiger partial charge >= 0.3 is 0 Å². The van der Waals surface area contributed by atoms with E-state index >= 15 is 0 Å². The summed E-state index contributed by atoms with van der Waals surface area (Å²) in [4.78, 5) is 10.3. The number of hydrogen-bond acceptors (Lipinski definition) is 2. The van der Waals surface area contributed by atoms with Gasteiger partial charge in [-0.3, -0.25) is 0 Å². The Bertz CT molecular complexity index is 372. The van der Waals surface area contributed by atoms with Gasteiger partial charge in [-0.15, -0.1) is 0 Å². The van der Waals surface area contributed by atoms with Gasteiger partial charge in [-0.2, -0.15) is 0 Å². The molecule has 0 aromatic heterocycles. The molecule has 3 heteroatoms. The zero-order chi connectivity index (χ0) is 12.1. The molecule has 0 aliphatic carbocycles. The van der Waals surface area contributed by atoms with Gasteiger partial charge in [-0.05, 0) is 30.0 Å². The molecule has 0 spiro atoms. The first-order valence-electron chi connectivity index (χ1n) is 5.40. The zero-order valence-corrected chi connectivity index (χ0v) is 9.92. The SMILES string of the molecule is COc1cc(CCC=O)cc(F)c1C(C)C.